The number of ether oxygens (including phenoxy) is 2. The van der Waals surface area contributed by atoms with E-state index >= 15 is 0 Å². The summed E-state index contributed by atoms with van der Waals surface area (Å²) >= 11 is 7.31. The number of carbonyl (C=O) groups is 1. The van der Waals surface area contributed by atoms with Gasteiger partial charge in [-0.1, -0.05) is 0 Å². The van der Waals surface area contributed by atoms with Crippen LogP contribution in [0, 0.1) is 0 Å². The van der Waals surface area contributed by atoms with Crippen molar-refractivity contribution in [3.05, 3.63) is 34.0 Å². The second kappa shape index (κ2) is 9.18. The number of aliphatic carboxylic acids is 1. The molecule has 5 atom stereocenters. The Balaban J connectivity index is 1.40. The zero-order valence-electron chi connectivity index (χ0n) is 17.8. The molecule has 0 saturated carbocycles. The van der Waals surface area contributed by atoms with Crippen LogP contribution in [0.1, 0.15) is 11.8 Å². The summed E-state index contributed by atoms with van der Waals surface area (Å²) in [5.41, 5.74) is 5.00. The number of rotatable bonds is 8. The molecule has 0 aliphatic carbocycles. The molecule has 35 heavy (non-hydrogen) atoms. The van der Waals surface area contributed by atoms with E-state index in [2.05, 4.69) is 30.2 Å². The fraction of sp³-hybridized carbons (Fsp3) is 0.421. The number of azo groups is 1. The van der Waals surface area contributed by atoms with Crippen LogP contribution in [-0.2, 0) is 20.7 Å². The number of aliphatic hydroxyl groups is 2. The van der Waals surface area contributed by atoms with Crippen LogP contribution in [0.15, 0.2) is 38.4 Å². The zero-order valence-corrected chi connectivity index (χ0v) is 19.4. The van der Waals surface area contributed by atoms with Gasteiger partial charge >= 0.3 is 5.97 Å². The third-order valence-electron chi connectivity index (χ3n) is 5.72. The third-order valence-corrected chi connectivity index (χ3v) is 6.62. The van der Waals surface area contributed by atoms with Crippen LogP contribution in [0.25, 0.3) is 11.2 Å². The van der Waals surface area contributed by atoms with Crippen molar-refractivity contribution in [3.8, 4) is 0 Å². The van der Waals surface area contributed by atoms with E-state index < -0.39 is 42.7 Å². The van der Waals surface area contributed by atoms with Crippen LogP contribution in [0.4, 0.5) is 5.82 Å². The molecule has 1 saturated heterocycles. The SMILES string of the molecule is Nc1nc(Cl)nc2c1ncn2[C@@H]1O[C@H](COC(Cc2ccsc2)(C(=O)O)C2=NCN=N2)[C@@H](O)[C@H]1O. The summed E-state index contributed by atoms with van der Waals surface area (Å²) in [5.74, 6) is -1.38. The Hall–Kier alpha value is -3.08. The molecule has 3 aromatic rings. The van der Waals surface area contributed by atoms with Gasteiger partial charge in [0.2, 0.25) is 10.9 Å². The predicted molar refractivity (Wildman–Crippen MR) is 122 cm³/mol. The minimum atomic E-state index is -1.97. The summed E-state index contributed by atoms with van der Waals surface area (Å²) in [6.45, 7) is -0.411. The van der Waals surface area contributed by atoms with Crippen LogP contribution in [0.2, 0.25) is 5.28 Å². The number of hydrogen-bond donors (Lipinski definition) is 4. The largest absolute Gasteiger partial charge is 0.479 e. The first-order valence-corrected chi connectivity index (χ1v) is 11.6. The molecular weight excluding hydrogens is 504 g/mol. The number of aliphatic hydroxyl groups excluding tert-OH is 2. The van der Waals surface area contributed by atoms with E-state index in [0.717, 1.165) is 0 Å². The van der Waals surface area contributed by atoms with Crippen molar-refractivity contribution < 1.29 is 29.6 Å². The molecule has 14 nitrogen and oxygen atoms in total. The molecule has 1 fully saturated rings. The fourth-order valence-electron chi connectivity index (χ4n) is 3.96. The summed E-state index contributed by atoms with van der Waals surface area (Å²) in [4.78, 5) is 28.6. The van der Waals surface area contributed by atoms with Gasteiger partial charge in [0, 0.05) is 6.42 Å². The number of carboxylic acid groups (broad SMARTS) is 1. The van der Waals surface area contributed by atoms with Gasteiger partial charge in [-0.2, -0.15) is 26.4 Å². The van der Waals surface area contributed by atoms with Gasteiger partial charge in [-0.15, -0.1) is 5.11 Å². The van der Waals surface area contributed by atoms with Crippen molar-refractivity contribution in [2.45, 2.75) is 36.6 Å². The van der Waals surface area contributed by atoms with Crippen LogP contribution in [0.5, 0.6) is 0 Å². The van der Waals surface area contributed by atoms with Crippen molar-refractivity contribution in [1.29, 1.82) is 0 Å². The van der Waals surface area contributed by atoms with E-state index in [0.29, 0.717) is 5.56 Å². The molecule has 0 spiro atoms. The Bertz CT molecular complexity index is 1320. The number of thiophene rings is 1. The lowest BCUT2D eigenvalue weighted by Gasteiger charge is -2.29. The molecule has 0 amide bonds. The highest BCUT2D eigenvalue weighted by atomic mass is 35.5. The molecule has 16 heteroatoms. The van der Waals surface area contributed by atoms with E-state index in [-0.39, 0.29) is 41.2 Å². The first-order chi connectivity index (χ1) is 16.8. The number of nitrogens with two attached hydrogens (primary N) is 1. The van der Waals surface area contributed by atoms with Crippen molar-refractivity contribution in [3.63, 3.8) is 0 Å². The maximum absolute atomic E-state index is 12.4. The van der Waals surface area contributed by atoms with Gasteiger partial charge in [-0.25, -0.2) is 14.8 Å². The molecule has 0 aromatic carbocycles. The first kappa shape index (κ1) is 23.7. The maximum atomic E-state index is 12.4. The second-order valence-electron chi connectivity index (χ2n) is 7.86. The number of aliphatic imine (C=N–C) groups is 1. The zero-order chi connectivity index (χ0) is 24.7. The smallest absolute Gasteiger partial charge is 0.344 e. The summed E-state index contributed by atoms with van der Waals surface area (Å²) in [6, 6.07) is 1.77. The van der Waals surface area contributed by atoms with Crippen LogP contribution < -0.4 is 5.73 Å². The van der Waals surface area contributed by atoms with Crippen LogP contribution in [-0.4, -0.2) is 83.8 Å². The number of hydrogen-bond acceptors (Lipinski definition) is 13. The number of fused-ring (bicyclic) bond motifs is 1. The summed E-state index contributed by atoms with van der Waals surface area (Å²) in [5, 5.41) is 42.6. The Morgan fingerprint density at radius 3 is 2.89 bits per heavy atom. The number of halogens is 1. The number of imidazole rings is 1. The third kappa shape index (κ3) is 4.15. The van der Waals surface area contributed by atoms with Crippen LogP contribution >= 0.6 is 22.9 Å². The van der Waals surface area contributed by atoms with E-state index in [1.54, 1.807) is 11.4 Å². The lowest BCUT2D eigenvalue weighted by molar-refractivity contribution is -0.162. The minimum Gasteiger partial charge on any atom is -0.479 e. The van der Waals surface area contributed by atoms with Crippen molar-refractivity contribution in [1.82, 2.24) is 19.5 Å². The highest BCUT2D eigenvalue weighted by molar-refractivity contribution is 7.07. The summed E-state index contributed by atoms with van der Waals surface area (Å²) < 4.78 is 13.1. The number of nitrogen functional groups attached to an aromatic ring is 1. The molecule has 184 valence electrons. The van der Waals surface area contributed by atoms with Crippen molar-refractivity contribution in [2.75, 3.05) is 19.0 Å². The van der Waals surface area contributed by atoms with Gasteiger partial charge < -0.3 is 30.5 Å². The minimum absolute atomic E-state index is 0.0120. The monoisotopic (exact) mass is 522 g/mol. The Kier molecular flexibility index (Phi) is 6.20. The molecule has 5 rings (SSSR count). The average Bonchev–Trinajstić information content (AvgIpc) is 3.61. The molecule has 0 bridgehead atoms. The first-order valence-electron chi connectivity index (χ1n) is 10.3. The summed E-state index contributed by atoms with van der Waals surface area (Å²) in [7, 11) is 0. The maximum Gasteiger partial charge on any atom is 0.344 e. The Morgan fingerprint density at radius 1 is 1.37 bits per heavy atom. The molecule has 2 aliphatic heterocycles. The topological polar surface area (TPSA) is 203 Å². The highest BCUT2D eigenvalue weighted by Crippen LogP contribution is 2.34. The molecule has 5 heterocycles. The normalized spacial score (nSPS) is 25.7. The molecule has 0 radical (unpaired) electrons. The Morgan fingerprint density at radius 2 is 2.20 bits per heavy atom. The van der Waals surface area contributed by atoms with Gasteiger partial charge in [0.25, 0.3) is 0 Å². The number of aromatic nitrogens is 4. The average molecular weight is 523 g/mol. The van der Waals surface area contributed by atoms with E-state index in [1.807, 2.05) is 5.38 Å². The molecule has 1 unspecified atom stereocenters. The predicted octanol–water partition coefficient (Wildman–Crippen LogP) is 0.647. The number of nitrogens with zero attached hydrogens (tertiary/aromatic N) is 7. The van der Waals surface area contributed by atoms with E-state index in [4.69, 9.17) is 26.8 Å². The standard InChI is InChI=1S/C19H19ClN8O6S/c20-18-25-13(21)10-14(26-18)28(7-23-10)15-12(30)11(29)9(34-15)4-33-19(17(31)32,16-22-6-24-27-16)3-8-1-2-35-5-8/h1-2,5,7,9,11-12,15,29-30H,3-4,6H2,(H,31,32)(H2,21,25,26)/t9-,11-,12-,15-,19?/m1/s1. The fourth-order valence-corrected chi connectivity index (χ4v) is 4.80. The number of anilines is 1. The van der Waals surface area contributed by atoms with Gasteiger partial charge in [0.05, 0.1) is 12.9 Å². The van der Waals surface area contributed by atoms with Gasteiger partial charge in [0.1, 0.15) is 23.8 Å². The van der Waals surface area contributed by atoms with E-state index in [9.17, 15) is 20.1 Å². The van der Waals surface area contributed by atoms with Crippen molar-refractivity contribution in [2.24, 2.45) is 15.2 Å². The van der Waals surface area contributed by atoms with E-state index in [1.165, 1.54) is 22.2 Å². The summed E-state index contributed by atoms with van der Waals surface area (Å²) in [6.07, 6.45) is -3.83. The van der Waals surface area contributed by atoms with Gasteiger partial charge in [-0.3, -0.25) is 4.57 Å². The van der Waals surface area contributed by atoms with Crippen LogP contribution in [0.3, 0.4) is 0 Å². The molecule has 5 N–H and O–H groups in total. The molecule has 2 aliphatic rings. The van der Waals surface area contributed by atoms with Crippen molar-refractivity contribution >= 4 is 51.7 Å². The lowest BCUT2D eigenvalue weighted by atomic mass is 9.94. The number of carboxylic acids is 1. The second-order valence-corrected chi connectivity index (χ2v) is 8.98. The Labute approximate surface area is 205 Å². The van der Waals surface area contributed by atoms with Gasteiger partial charge in [0.15, 0.2) is 30.2 Å². The lowest BCUT2D eigenvalue weighted by Crippen LogP contribution is -2.52. The number of amidine groups is 1. The highest BCUT2D eigenvalue weighted by Gasteiger charge is 2.50. The van der Waals surface area contributed by atoms with Gasteiger partial charge in [-0.05, 0) is 34.0 Å². The molecular formula is C19H19ClN8O6S. The molecule has 3 aromatic heterocycles. The quantitative estimate of drug-likeness (QED) is 0.304.